The van der Waals surface area contributed by atoms with Crippen LogP contribution in [-0.4, -0.2) is 54.9 Å². The summed E-state index contributed by atoms with van der Waals surface area (Å²) < 4.78 is 52.1. The lowest BCUT2D eigenvalue weighted by Crippen LogP contribution is -2.50. The van der Waals surface area contributed by atoms with Crippen molar-refractivity contribution in [3.05, 3.63) is 33.8 Å². The van der Waals surface area contributed by atoms with Crippen LogP contribution in [0.15, 0.2) is 16.6 Å². The van der Waals surface area contributed by atoms with Crippen molar-refractivity contribution >= 4 is 21.8 Å². The normalized spacial score (nSPS) is 16.6. The highest BCUT2D eigenvalue weighted by atomic mass is 79.9. The van der Waals surface area contributed by atoms with Crippen molar-refractivity contribution in [2.24, 2.45) is 0 Å². The van der Waals surface area contributed by atoms with Crippen molar-refractivity contribution in [2.75, 3.05) is 32.7 Å². The number of carbonyl (C=O) groups is 1. The first-order valence-corrected chi connectivity index (χ1v) is 7.12. The maximum absolute atomic E-state index is 13.9. The minimum atomic E-state index is -2.44. The maximum Gasteiger partial charge on any atom is 0.259 e. The first kappa shape index (κ1) is 16.2. The smallest absolute Gasteiger partial charge is 0.259 e. The number of piperazine rings is 1. The van der Waals surface area contributed by atoms with Gasteiger partial charge in [-0.2, -0.15) is 0 Å². The summed E-state index contributed by atoms with van der Waals surface area (Å²) in [5.74, 6) is -2.64. The molecule has 0 spiro atoms. The monoisotopic (exact) mass is 368 g/mol. The summed E-state index contributed by atoms with van der Waals surface area (Å²) in [5, 5.41) is 0. The second-order valence-electron chi connectivity index (χ2n) is 4.70. The quantitative estimate of drug-likeness (QED) is 0.605. The molecule has 1 aliphatic rings. The van der Waals surface area contributed by atoms with E-state index in [0.717, 1.165) is 6.07 Å². The van der Waals surface area contributed by atoms with Gasteiger partial charge in [0.25, 0.3) is 12.3 Å². The van der Waals surface area contributed by atoms with Gasteiger partial charge in [0.15, 0.2) is 5.82 Å². The minimum Gasteiger partial charge on any atom is -0.336 e. The molecule has 1 heterocycles. The Kier molecular flexibility index (Phi) is 5.21. The van der Waals surface area contributed by atoms with E-state index in [1.54, 1.807) is 0 Å². The average molecular weight is 369 g/mol. The molecule has 1 saturated heterocycles. The number of carbonyl (C=O) groups excluding carboxylic acids is 1. The lowest BCUT2D eigenvalue weighted by molar-refractivity contribution is 0.0453. The fourth-order valence-corrected chi connectivity index (χ4v) is 2.54. The zero-order valence-electron chi connectivity index (χ0n) is 11.0. The second-order valence-corrected chi connectivity index (χ2v) is 5.56. The molecule has 8 heteroatoms. The van der Waals surface area contributed by atoms with E-state index in [2.05, 4.69) is 15.9 Å². The molecule has 1 amide bonds. The van der Waals surface area contributed by atoms with Gasteiger partial charge in [-0.25, -0.2) is 17.6 Å². The fraction of sp³-hybridized carbons (Fsp3) is 0.462. The molecule has 0 unspecified atom stereocenters. The largest absolute Gasteiger partial charge is 0.336 e. The number of nitrogens with zero attached hydrogens (tertiary/aromatic N) is 2. The van der Waals surface area contributed by atoms with E-state index in [-0.39, 0.29) is 37.2 Å². The number of alkyl halides is 2. The van der Waals surface area contributed by atoms with Crippen LogP contribution in [0.3, 0.4) is 0 Å². The highest BCUT2D eigenvalue weighted by Gasteiger charge is 2.28. The molecule has 116 valence electrons. The molecule has 3 nitrogen and oxygen atoms in total. The van der Waals surface area contributed by atoms with Crippen molar-refractivity contribution in [3.8, 4) is 0 Å². The van der Waals surface area contributed by atoms with Gasteiger partial charge in [-0.15, -0.1) is 0 Å². The molecular formula is C13H13BrF4N2O. The van der Waals surface area contributed by atoms with Crippen molar-refractivity contribution in [2.45, 2.75) is 6.43 Å². The number of hydrogen-bond donors (Lipinski definition) is 0. The van der Waals surface area contributed by atoms with Crippen LogP contribution >= 0.6 is 15.9 Å². The standard InChI is InChI=1S/C13H13BrF4N2O/c14-8-1-2-9(15)11(12(8)18)13(21)20-5-3-19(4-6-20)7-10(16)17/h1-2,10H,3-7H2. The van der Waals surface area contributed by atoms with Crippen LogP contribution in [0.4, 0.5) is 17.6 Å². The molecule has 1 aromatic rings. The Morgan fingerprint density at radius 2 is 1.81 bits per heavy atom. The topological polar surface area (TPSA) is 23.6 Å². The van der Waals surface area contributed by atoms with E-state index in [4.69, 9.17) is 0 Å². The Hall–Kier alpha value is -1.15. The first-order valence-electron chi connectivity index (χ1n) is 6.33. The van der Waals surface area contributed by atoms with Gasteiger partial charge < -0.3 is 4.90 Å². The van der Waals surface area contributed by atoms with Crippen LogP contribution < -0.4 is 0 Å². The van der Waals surface area contributed by atoms with Gasteiger partial charge in [-0.05, 0) is 28.1 Å². The molecule has 0 aromatic heterocycles. The first-order chi connectivity index (χ1) is 9.90. The molecule has 2 rings (SSSR count). The molecule has 1 aromatic carbocycles. The summed E-state index contributed by atoms with van der Waals surface area (Å²) in [5.41, 5.74) is -0.619. The van der Waals surface area contributed by atoms with E-state index >= 15 is 0 Å². The number of halogens is 5. The number of benzene rings is 1. The van der Waals surface area contributed by atoms with Crippen LogP contribution in [0, 0.1) is 11.6 Å². The molecule has 0 bridgehead atoms. The third-order valence-corrected chi connectivity index (χ3v) is 3.93. The van der Waals surface area contributed by atoms with Gasteiger partial charge in [0, 0.05) is 26.2 Å². The number of amides is 1. The Balaban J connectivity index is 2.08. The Morgan fingerprint density at radius 3 is 2.38 bits per heavy atom. The number of hydrogen-bond acceptors (Lipinski definition) is 2. The average Bonchev–Trinajstić information content (AvgIpc) is 2.43. The summed E-state index contributed by atoms with van der Waals surface area (Å²) in [6, 6.07) is 2.19. The minimum absolute atomic E-state index is 0.00332. The molecule has 21 heavy (non-hydrogen) atoms. The van der Waals surface area contributed by atoms with E-state index in [1.807, 2.05) is 0 Å². The molecule has 0 atom stereocenters. The lowest BCUT2D eigenvalue weighted by atomic mass is 10.1. The molecule has 0 saturated carbocycles. The zero-order valence-corrected chi connectivity index (χ0v) is 12.5. The predicted octanol–water partition coefficient (Wildman–Crippen LogP) is 2.75. The van der Waals surface area contributed by atoms with Gasteiger partial charge in [0.05, 0.1) is 11.0 Å². The van der Waals surface area contributed by atoms with E-state index < -0.39 is 29.5 Å². The van der Waals surface area contributed by atoms with E-state index in [1.165, 1.54) is 15.9 Å². The highest BCUT2D eigenvalue weighted by molar-refractivity contribution is 9.10. The molecule has 0 N–H and O–H groups in total. The molecule has 0 radical (unpaired) electrons. The van der Waals surface area contributed by atoms with Crippen LogP contribution in [0.25, 0.3) is 0 Å². The van der Waals surface area contributed by atoms with Crippen molar-refractivity contribution in [3.63, 3.8) is 0 Å². The third-order valence-electron chi connectivity index (χ3n) is 3.31. The molecule has 0 aliphatic carbocycles. The molecule has 1 aliphatic heterocycles. The molecule has 1 fully saturated rings. The molecular weight excluding hydrogens is 356 g/mol. The Labute approximate surface area is 127 Å². The predicted molar refractivity (Wildman–Crippen MR) is 72.4 cm³/mol. The second kappa shape index (κ2) is 6.74. The van der Waals surface area contributed by atoms with Crippen LogP contribution in [0.2, 0.25) is 0 Å². The van der Waals surface area contributed by atoms with Crippen molar-refractivity contribution in [1.82, 2.24) is 9.80 Å². The summed E-state index contributed by atoms with van der Waals surface area (Å²) >= 11 is 2.91. The van der Waals surface area contributed by atoms with Gasteiger partial charge in [0.1, 0.15) is 11.4 Å². The third kappa shape index (κ3) is 3.74. The number of rotatable bonds is 3. The van der Waals surface area contributed by atoms with E-state index in [0.29, 0.717) is 0 Å². The Morgan fingerprint density at radius 1 is 1.19 bits per heavy atom. The Bertz CT molecular complexity index is 533. The summed E-state index contributed by atoms with van der Waals surface area (Å²) in [4.78, 5) is 15.0. The van der Waals surface area contributed by atoms with Crippen molar-refractivity contribution in [1.29, 1.82) is 0 Å². The maximum atomic E-state index is 13.9. The van der Waals surface area contributed by atoms with Crippen LogP contribution in [0.1, 0.15) is 10.4 Å². The van der Waals surface area contributed by atoms with Gasteiger partial charge in [-0.3, -0.25) is 9.69 Å². The SMILES string of the molecule is O=C(c1c(F)ccc(Br)c1F)N1CCN(CC(F)F)CC1. The van der Waals surface area contributed by atoms with Crippen molar-refractivity contribution < 1.29 is 22.4 Å². The van der Waals surface area contributed by atoms with Gasteiger partial charge >= 0.3 is 0 Å². The summed E-state index contributed by atoms with van der Waals surface area (Å²) in [6.45, 7) is 0.482. The van der Waals surface area contributed by atoms with Crippen LogP contribution in [-0.2, 0) is 0 Å². The zero-order chi connectivity index (χ0) is 15.6. The lowest BCUT2D eigenvalue weighted by Gasteiger charge is -2.34. The van der Waals surface area contributed by atoms with Gasteiger partial charge in [0.2, 0.25) is 0 Å². The summed E-state index contributed by atoms with van der Waals surface area (Å²) in [7, 11) is 0. The highest BCUT2D eigenvalue weighted by Crippen LogP contribution is 2.23. The van der Waals surface area contributed by atoms with Gasteiger partial charge in [-0.1, -0.05) is 0 Å². The van der Waals surface area contributed by atoms with E-state index in [9.17, 15) is 22.4 Å². The summed E-state index contributed by atoms with van der Waals surface area (Å²) in [6.07, 6.45) is -2.44. The van der Waals surface area contributed by atoms with Crippen LogP contribution in [0.5, 0.6) is 0 Å². The fourth-order valence-electron chi connectivity index (χ4n) is 2.21.